The van der Waals surface area contributed by atoms with Crippen LogP contribution in [0.15, 0.2) is 11.1 Å². The van der Waals surface area contributed by atoms with Crippen LogP contribution >= 0.6 is 22.9 Å². The van der Waals surface area contributed by atoms with Gasteiger partial charge in [0.25, 0.3) is 0 Å². The lowest BCUT2D eigenvalue weighted by Gasteiger charge is -2.32. The third-order valence-corrected chi connectivity index (χ3v) is 4.56. The average Bonchev–Trinajstić information content (AvgIpc) is 2.68. The Morgan fingerprint density at radius 3 is 2.89 bits per heavy atom. The molecule has 0 radical (unpaired) electrons. The van der Waals surface area contributed by atoms with Crippen LogP contribution in [0.5, 0.6) is 0 Å². The molecule has 94 valence electrons. The first-order chi connectivity index (χ1) is 8.37. The van der Waals surface area contributed by atoms with E-state index in [9.17, 15) is 4.79 Å². The molecule has 2 N–H and O–H groups in total. The molecule has 0 aromatic carbocycles. The second kappa shape index (κ2) is 4.26. The lowest BCUT2D eigenvalue weighted by molar-refractivity contribution is -0.128. The maximum Gasteiger partial charge on any atom is 0.231 e. The number of carbonyl (C=O) groups is 1. The Morgan fingerprint density at radius 1 is 1.72 bits per heavy atom. The number of nitriles is 1. The summed E-state index contributed by atoms with van der Waals surface area (Å²) in [7, 11) is 1.58. The molecule has 5 nitrogen and oxygen atoms in total. The lowest BCUT2D eigenvalue weighted by atomic mass is 9.94. The highest BCUT2D eigenvalue weighted by atomic mass is 35.5. The van der Waals surface area contributed by atoms with E-state index in [1.807, 2.05) is 6.07 Å². The van der Waals surface area contributed by atoms with Gasteiger partial charge in [0.2, 0.25) is 5.91 Å². The van der Waals surface area contributed by atoms with Gasteiger partial charge >= 0.3 is 0 Å². The van der Waals surface area contributed by atoms with Crippen LogP contribution in [0, 0.1) is 11.3 Å². The van der Waals surface area contributed by atoms with Crippen LogP contribution < -0.4 is 5.73 Å². The summed E-state index contributed by atoms with van der Waals surface area (Å²) in [5.74, 6) is 0.0460. The normalized spacial score (nSPS) is 23.8. The molecule has 0 saturated carbocycles. The number of thiophene rings is 1. The van der Waals surface area contributed by atoms with Gasteiger partial charge in [0, 0.05) is 7.05 Å². The minimum Gasteiger partial charge on any atom is -0.369 e. The van der Waals surface area contributed by atoms with Gasteiger partial charge in [-0.25, -0.2) is 4.99 Å². The number of hydrogen-bond acceptors (Lipinski definition) is 5. The maximum absolute atomic E-state index is 11.8. The minimum absolute atomic E-state index is 0.118. The molecule has 0 spiro atoms. The van der Waals surface area contributed by atoms with E-state index in [2.05, 4.69) is 4.99 Å². The van der Waals surface area contributed by atoms with Gasteiger partial charge in [-0.15, -0.1) is 11.3 Å². The first kappa shape index (κ1) is 12.9. The summed E-state index contributed by atoms with van der Waals surface area (Å²) >= 11 is 7.35. The Balaban J connectivity index is 2.52. The van der Waals surface area contributed by atoms with Crippen LogP contribution in [0.4, 0.5) is 0 Å². The van der Waals surface area contributed by atoms with E-state index < -0.39 is 5.54 Å². The number of rotatable bonds is 1. The van der Waals surface area contributed by atoms with E-state index in [0.717, 1.165) is 0 Å². The summed E-state index contributed by atoms with van der Waals surface area (Å²) in [6, 6.07) is 3.62. The minimum atomic E-state index is -0.787. The number of nitrogens with two attached hydrogens (primary N) is 1. The van der Waals surface area contributed by atoms with Gasteiger partial charge in [-0.1, -0.05) is 11.6 Å². The number of amides is 1. The number of carbonyl (C=O) groups excluding carboxylic acids is 1. The molecule has 1 amide bonds. The van der Waals surface area contributed by atoms with E-state index in [1.165, 1.54) is 16.2 Å². The lowest BCUT2D eigenvalue weighted by Crippen LogP contribution is -2.47. The highest BCUT2D eigenvalue weighted by Crippen LogP contribution is 2.41. The molecule has 1 atom stereocenters. The molecule has 0 bridgehead atoms. The molecule has 7 heteroatoms. The van der Waals surface area contributed by atoms with E-state index in [1.54, 1.807) is 20.0 Å². The van der Waals surface area contributed by atoms with Crippen molar-refractivity contribution in [3.8, 4) is 6.07 Å². The smallest absolute Gasteiger partial charge is 0.231 e. The standard InChI is InChI=1S/C11H11ClN4OS/c1-11(4-8(17)16(2)10(14)15-11)9-7(12)3-6(5-13)18-9/h3H,4H2,1-2H3,(H2,14,15)/t11-/m0/s1. The van der Waals surface area contributed by atoms with E-state index in [0.29, 0.717) is 14.8 Å². The van der Waals surface area contributed by atoms with Gasteiger partial charge in [-0.05, 0) is 13.0 Å². The van der Waals surface area contributed by atoms with Gasteiger partial charge in [0.05, 0.1) is 16.3 Å². The second-order valence-corrected chi connectivity index (χ2v) is 5.73. The van der Waals surface area contributed by atoms with E-state index in [-0.39, 0.29) is 18.3 Å². The largest absolute Gasteiger partial charge is 0.369 e. The van der Waals surface area contributed by atoms with Crippen LogP contribution in [0.25, 0.3) is 0 Å². The Bertz CT molecular complexity index is 588. The van der Waals surface area contributed by atoms with Crippen LogP contribution in [0.3, 0.4) is 0 Å². The number of halogens is 1. The predicted octanol–water partition coefficient (Wildman–Crippen LogP) is 1.67. The van der Waals surface area contributed by atoms with Crippen molar-refractivity contribution in [2.24, 2.45) is 10.7 Å². The molecule has 0 saturated heterocycles. The number of hydrogen-bond donors (Lipinski definition) is 1. The fourth-order valence-electron chi connectivity index (χ4n) is 1.83. The first-order valence-electron chi connectivity index (χ1n) is 5.19. The van der Waals surface area contributed by atoms with Gasteiger partial charge in [-0.3, -0.25) is 9.69 Å². The molecule has 18 heavy (non-hydrogen) atoms. The summed E-state index contributed by atoms with van der Waals surface area (Å²) in [5.41, 5.74) is 4.94. The van der Waals surface area contributed by atoms with E-state index in [4.69, 9.17) is 22.6 Å². The summed E-state index contributed by atoms with van der Waals surface area (Å²) in [5, 5.41) is 9.32. The Hall–Kier alpha value is -1.58. The van der Waals surface area contributed by atoms with Gasteiger partial charge in [0.15, 0.2) is 5.96 Å². The number of guanidine groups is 1. The third-order valence-electron chi connectivity index (χ3n) is 2.86. The van der Waals surface area contributed by atoms with Crippen molar-refractivity contribution in [2.45, 2.75) is 18.9 Å². The molecule has 2 heterocycles. The van der Waals surface area contributed by atoms with Crippen molar-refractivity contribution in [1.29, 1.82) is 5.26 Å². The zero-order valence-electron chi connectivity index (χ0n) is 9.90. The van der Waals surface area contributed by atoms with Gasteiger partial charge in [0.1, 0.15) is 16.5 Å². The number of nitrogens with zero attached hydrogens (tertiary/aromatic N) is 3. The van der Waals surface area contributed by atoms with Crippen molar-refractivity contribution >= 4 is 34.8 Å². The Kier molecular flexibility index (Phi) is 3.05. The highest BCUT2D eigenvalue weighted by Gasteiger charge is 2.38. The molecule has 0 unspecified atom stereocenters. The Morgan fingerprint density at radius 2 is 2.39 bits per heavy atom. The van der Waals surface area contributed by atoms with Crippen molar-refractivity contribution < 1.29 is 4.79 Å². The summed E-state index contributed by atoms with van der Waals surface area (Å²) < 4.78 is 0. The van der Waals surface area contributed by atoms with Crippen LogP contribution in [0.1, 0.15) is 23.1 Å². The molecule has 1 aliphatic heterocycles. The molecular weight excluding hydrogens is 272 g/mol. The molecule has 1 aliphatic rings. The highest BCUT2D eigenvalue weighted by molar-refractivity contribution is 7.13. The van der Waals surface area contributed by atoms with Crippen LogP contribution in [-0.4, -0.2) is 23.8 Å². The van der Waals surface area contributed by atoms with Gasteiger partial charge in [-0.2, -0.15) is 5.26 Å². The fourth-order valence-corrected chi connectivity index (χ4v) is 3.26. The molecule has 0 aliphatic carbocycles. The average molecular weight is 283 g/mol. The molecular formula is C11H11ClN4OS. The second-order valence-electron chi connectivity index (χ2n) is 4.27. The van der Waals surface area contributed by atoms with Crippen molar-refractivity contribution in [2.75, 3.05) is 7.05 Å². The summed E-state index contributed by atoms with van der Waals surface area (Å²) in [6.45, 7) is 1.80. The van der Waals surface area contributed by atoms with Crippen molar-refractivity contribution in [1.82, 2.24) is 4.90 Å². The molecule has 0 fully saturated rings. The molecule has 1 aromatic heterocycles. The zero-order chi connectivity index (χ0) is 13.5. The SMILES string of the molecule is CN1C(=O)C[C@@](C)(c2sc(C#N)cc2Cl)N=C1N. The summed E-state index contributed by atoms with van der Waals surface area (Å²) in [6.07, 6.45) is 0.190. The Labute approximate surface area is 113 Å². The number of aliphatic imine (C=N–C) groups is 1. The van der Waals surface area contributed by atoms with E-state index >= 15 is 0 Å². The van der Waals surface area contributed by atoms with Crippen LogP contribution in [-0.2, 0) is 10.3 Å². The first-order valence-corrected chi connectivity index (χ1v) is 6.38. The molecule has 1 aromatic rings. The maximum atomic E-state index is 11.8. The monoisotopic (exact) mass is 282 g/mol. The fraction of sp³-hybridized carbons (Fsp3) is 0.364. The van der Waals surface area contributed by atoms with Gasteiger partial charge < -0.3 is 5.73 Å². The topological polar surface area (TPSA) is 82.5 Å². The van der Waals surface area contributed by atoms with Crippen molar-refractivity contribution in [3.63, 3.8) is 0 Å². The summed E-state index contributed by atoms with van der Waals surface area (Å²) in [4.78, 5) is 18.7. The molecule has 2 rings (SSSR count). The van der Waals surface area contributed by atoms with Crippen LogP contribution in [0.2, 0.25) is 5.02 Å². The predicted molar refractivity (Wildman–Crippen MR) is 70.4 cm³/mol. The zero-order valence-corrected chi connectivity index (χ0v) is 11.5. The van der Waals surface area contributed by atoms with Crippen molar-refractivity contribution in [3.05, 3.63) is 20.8 Å². The third kappa shape index (κ3) is 1.96. The quantitative estimate of drug-likeness (QED) is 0.850.